The molecule has 1 saturated heterocycles. The normalized spacial score (nSPS) is 18.1. The van der Waals surface area contributed by atoms with Crippen LogP contribution in [0.3, 0.4) is 0 Å². The maximum Gasteiger partial charge on any atom is 0.232 e. The van der Waals surface area contributed by atoms with Crippen molar-refractivity contribution < 1.29 is 19.7 Å². The van der Waals surface area contributed by atoms with E-state index in [2.05, 4.69) is 33.4 Å². The van der Waals surface area contributed by atoms with Crippen molar-refractivity contribution in [3.05, 3.63) is 64.5 Å². The highest BCUT2D eigenvalue weighted by molar-refractivity contribution is 6.16. The van der Waals surface area contributed by atoms with E-state index >= 15 is 0 Å². The fourth-order valence-electron chi connectivity index (χ4n) is 5.06. The molecule has 0 aliphatic carbocycles. The lowest BCUT2D eigenvalue weighted by Crippen LogP contribution is -2.46. The summed E-state index contributed by atoms with van der Waals surface area (Å²) in [6, 6.07) is 9.81. The predicted octanol–water partition coefficient (Wildman–Crippen LogP) is 3.40. The van der Waals surface area contributed by atoms with Crippen molar-refractivity contribution in [1.82, 2.24) is 14.4 Å². The monoisotopic (exact) mass is 461 g/mol. The number of phenolic OH excluding ortho intramolecular Hbond substituents is 1. The van der Waals surface area contributed by atoms with Gasteiger partial charge >= 0.3 is 0 Å². The Balaban J connectivity index is 1.46. The molecule has 178 valence electrons. The van der Waals surface area contributed by atoms with Gasteiger partial charge in [-0.2, -0.15) is 0 Å². The number of carbonyl (C=O) groups excluding carboxylic acids is 1. The van der Waals surface area contributed by atoms with Crippen molar-refractivity contribution in [2.75, 3.05) is 39.3 Å². The van der Waals surface area contributed by atoms with Crippen LogP contribution in [-0.4, -0.2) is 69.7 Å². The van der Waals surface area contributed by atoms with Gasteiger partial charge in [0.05, 0.1) is 17.7 Å². The Morgan fingerprint density at radius 1 is 1.12 bits per heavy atom. The average molecular weight is 462 g/mol. The van der Waals surface area contributed by atoms with Crippen LogP contribution in [0, 0.1) is 6.92 Å². The number of rotatable bonds is 6. The van der Waals surface area contributed by atoms with E-state index in [0.29, 0.717) is 35.5 Å². The number of β-amino-alcohol motifs (C(OH)–C–C–N with tert-alkyl or cyclic N) is 1. The molecule has 0 saturated carbocycles. The number of aromatic hydroxyl groups is 1. The van der Waals surface area contributed by atoms with Crippen molar-refractivity contribution in [2.24, 2.45) is 0 Å². The second kappa shape index (κ2) is 9.25. The van der Waals surface area contributed by atoms with Crippen LogP contribution in [0.1, 0.15) is 34.0 Å². The van der Waals surface area contributed by atoms with E-state index in [4.69, 9.17) is 4.74 Å². The van der Waals surface area contributed by atoms with E-state index in [1.807, 2.05) is 31.3 Å². The molecule has 3 heterocycles. The molecule has 7 heteroatoms. The van der Waals surface area contributed by atoms with Gasteiger partial charge in [0.15, 0.2) is 5.76 Å². The summed E-state index contributed by atoms with van der Waals surface area (Å²) in [5, 5.41) is 21.0. The molecule has 2 aromatic carbocycles. The number of aliphatic hydroxyl groups excluding tert-OH is 1. The molecule has 0 spiro atoms. The second-order valence-corrected chi connectivity index (χ2v) is 9.06. The summed E-state index contributed by atoms with van der Waals surface area (Å²) in [5.74, 6) is 0.781. The minimum Gasteiger partial charge on any atom is -0.507 e. The Hall–Kier alpha value is -3.13. The fourth-order valence-corrected chi connectivity index (χ4v) is 5.06. The van der Waals surface area contributed by atoms with Crippen LogP contribution in [0.5, 0.6) is 11.5 Å². The van der Waals surface area contributed by atoms with E-state index in [-0.39, 0.29) is 23.9 Å². The molecule has 34 heavy (non-hydrogen) atoms. The number of hydrogen-bond acceptors (Lipinski definition) is 6. The largest absolute Gasteiger partial charge is 0.507 e. The van der Waals surface area contributed by atoms with Crippen molar-refractivity contribution >= 4 is 22.8 Å². The second-order valence-electron chi connectivity index (χ2n) is 9.06. The number of ether oxygens (including phenoxy) is 1. The molecule has 7 nitrogen and oxygen atoms in total. The van der Waals surface area contributed by atoms with Crippen molar-refractivity contribution in [1.29, 1.82) is 0 Å². The van der Waals surface area contributed by atoms with Gasteiger partial charge in [0.25, 0.3) is 0 Å². The Kier molecular flexibility index (Phi) is 6.16. The zero-order valence-corrected chi connectivity index (χ0v) is 19.8. The molecule has 2 N–H and O–H groups in total. The summed E-state index contributed by atoms with van der Waals surface area (Å²) in [4.78, 5) is 17.9. The first-order valence-corrected chi connectivity index (χ1v) is 11.9. The minimum atomic E-state index is -0.144. The van der Waals surface area contributed by atoms with Gasteiger partial charge in [0.1, 0.15) is 11.5 Å². The molecular formula is C27H31N3O4. The molecule has 5 rings (SSSR count). The quantitative estimate of drug-likeness (QED) is 0.548. The molecule has 0 radical (unpaired) electrons. The molecule has 0 unspecified atom stereocenters. The van der Waals surface area contributed by atoms with Crippen LogP contribution in [0.25, 0.3) is 17.0 Å². The van der Waals surface area contributed by atoms with Gasteiger partial charge in [-0.1, -0.05) is 18.2 Å². The number of aromatic nitrogens is 1. The molecule has 1 aromatic heterocycles. The smallest absolute Gasteiger partial charge is 0.232 e. The standard InChI is InChI=1S/C27H31N3O4/c1-3-30-16-19(20-6-4-5-7-22(20)30)15-24-26(33)25-18(2)14-23(32)21(27(25)34-24)17-29-10-8-28(9-11-29)12-13-31/h4-7,14-16,31-32H,3,8-13,17H2,1-2H3/b24-15+. The van der Waals surface area contributed by atoms with Gasteiger partial charge in [-0.3, -0.25) is 14.6 Å². The van der Waals surface area contributed by atoms with Crippen LogP contribution >= 0.6 is 0 Å². The SMILES string of the molecule is CCn1cc(/C=C2/Oc3c(CN4CCN(CCO)CC4)c(O)cc(C)c3C2=O)c2ccccc21. The number of hydrogen-bond donors (Lipinski definition) is 2. The number of para-hydroxylation sites is 1. The van der Waals surface area contributed by atoms with E-state index in [1.165, 1.54) is 0 Å². The highest BCUT2D eigenvalue weighted by atomic mass is 16.5. The van der Waals surface area contributed by atoms with Gasteiger partial charge in [-0.25, -0.2) is 0 Å². The van der Waals surface area contributed by atoms with Gasteiger partial charge < -0.3 is 19.5 Å². The lowest BCUT2D eigenvalue weighted by Gasteiger charge is -2.34. The summed E-state index contributed by atoms with van der Waals surface area (Å²) in [6.45, 7) is 9.50. The molecule has 2 aliphatic heterocycles. The predicted molar refractivity (Wildman–Crippen MR) is 132 cm³/mol. The lowest BCUT2D eigenvalue weighted by molar-refractivity contribution is 0.101. The number of allylic oxidation sites excluding steroid dienone is 1. The van der Waals surface area contributed by atoms with Gasteiger partial charge in [-0.05, 0) is 37.6 Å². The first-order chi connectivity index (χ1) is 16.5. The molecule has 3 aromatic rings. The number of nitrogens with zero attached hydrogens (tertiary/aromatic N) is 3. The summed E-state index contributed by atoms with van der Waals surface area (Å²) in [5.41, 5.74) is 3.97. The van der Waals surface area contributed by atoms with E-state index in [9.17, 15) is 15.0 Å². The number of Topliss-reactive ketones (excluding diaryl/α,β-unsaturated/α-hetero) is 1. The number of aryl methyl sites for hydroxylation is 2. The third-order valence-electron chi connectivity index (χ3n) is 6.93. The number of carbonyl (C=O) groups is 1. The molecule has 1 fully saturated rings. The topological polar surface area (TPSA) is 78.2 Å². The van der Waals surface area contributed by atoms with E-state index in [0.717, 1.165) is 49.2 Å². The van der Waals surface area contributed by atoms with Crippen molar-refractivity contribution in [3.8, 4) is 11.5 Å². The zero-order valence-electron chi connectivity index (χ0n) is 19.8. The Morgan fingerprint density at radius 2 is 1.85 bits per heavy atom. The van der Waals surface area contributed by atoms with Crippen molar-refractivity contribution in [3.63, 3.8) is 0 Å². The first kappa shape index (κ1) is 22.7. The van der Waals surface area contributed by atoms with Crippen LogP contribution in [-0.2, 0) is 13.1 Å². The highest BCUT2D eigenvalue weighted by Crippen LogP contribution is 2.42. The third-order valence-corrected chi connectivity index (χ3v) is 6.93. The number of ketones is 1. The molecule has 0 bridgehead atoms. The average Bonchev–Trinajstić information content (AvgIpc) is 3.36. The van der Waals surface area contributed by atoms with Gasteiger partial charge in [0, 0.05) is 68.5 Å². The minimum absolute atomic E-state index is 0.144. The Bertz CT molecular complexity index is 1270. The van der Waals surface area contributed by atoms with E-state index < -0.39 is 0 Å². The van der Waals surface area contributed by atoms with Crippen LogP contribution in [0.2, 0.25) is 0 Å². The first-order valence-electron chi connectivity index (χ1n) is 11.9. The Labute approximate surface area is 199 Å². The molecule has 2 aliphatic rings. The molecule has 0 amide bonds. The van der Waals surface area contributed by atoms with E-state index in [1.54, 1.807) is 6.07 Å². The maximum absolute atomic E-state index is 13.4. The Morgan fingerprint density at radius 3 is 2.59 bits per heavy atom. The maximum atomic E-state index is 13.4. The fraction of sp³-hybridized carbons (Fsp3) is 0.370. The summed E-state index contributed by atoms with van der Waals surface area (Å²) < 4.78 is 8.34. The van der Waals surface area contributed by atoms with Crippen molar-refractivity contribution in [2.45, 2.75) is 26.9 Å². The summed E-state index contributed by atoms with van der Waals surface area (Å²) in [7, 11) is 0. The molecular weight excluding hydrogens is 430 g/mol. The number of fused-ring (bicyclic) bond motifs is 2. The van der Waals surface area contributed by atoms with Crippen LogP contribution in [0.4, 0.5) is 0 Å². The zero-order chi connectivity index (χ0) is 23.8. The third kappa shape index (κ3) is 4.00. The summed E-state index contributed by atoms with van der Waals surface area (Å²) in [6.07, 6.45) is 3.87. The molecule has 0 atom stereocenters. The number of piperazine rings is 1. The lowest BCUT2D eigenvalue weighted by atomic mass is 9.99. The number of aliphatic hydroxyl groups is 1. The highest BCUT2D eigenvalue weighted by Gasteiger charge is 2.34. The summed E-state index contributed by atoms with van der Waals surface area (Å²) >= 11 is 0. The van der Waals surface area contributed by atoms with Crippen LogP contribution < -0.4 is 4.74 Å². The number of benzene rings is 2. The van der Waals surface area contributed by atoms with Crippen LogP contribution in [0.15, 0.2) is 42.3 Å². The van der Waals surface area contributed by atoms with Gasteiger partial charge in [-0.15, -0.1) is 0 Å². The number of phenols is 1. The van der Waals surface area contributed by atoms with Gasteiger partial charge in [0.2, 0.25) is 5.78 Å².